The van der Waals surface area contributed by atoms with Gasteiger partial charge in [0, 0.05) is 5.69 Å². The predicted molar refractivity (Wildman–Crippen MR) is 96.2 cm³/mol. The summed E-state index contributed by atoms with van der Waals surface area (Å²) in [6.07, 6.45) is 0. The Hall–Kier alpha value is -2.82. The Morgan fingerprint density at radius 1 is 0.875 bits per heavy atom. The quantitative estimate of drug-likeness (QED) is 0.763. The molecule has 2 aromatic carbocycles. The Morgan fingerprint density at radius 2 is 1.50 bits per heavy atom. The number of ether oxygens (including phenoxy) is 2. The SMILES string of the molecule is COc1ccc(Nc2nc3ccccc3nc2OC(C)(C)C)cc1. The number of benzene rings is 2. The highest BCUT2D eigenvalue weighted by Gasteiger charge is 2.18. The fraction of sp³-hybridized carbons (Fsp3) is 0.263. The summed E-state index contributed by atoms with van der Waals surface area (Å²) >= 11 is 0. The van der Waals surface area contributed by atoms with Crippen LogP contribution in [-0.2, 0) is 0 Å². The number of para-hydroxylation sites is 2. The number of rotatable bonds is 4. The van der Waals surface area contributed by atoms with Crippen LogP contribution in [0.2, 0.25) is 0 Å². The van der Waals surface area contributed by atoms with Gasteiger partial charge in [-0.25, -0.2) is 9.97 Å². The van der Waals surface area contributed by atoms with Crippen molar-refractivity contribution in [3.63, 3.8) is 0 Å². The molecule has 0 aliphatic heterocycles. The normalized spacial score (nSPS) is 11.3. The number of methoxy groups -OCH3 is 1. The van der Waals surface area contributed by atoms with Crippen molar-refractivity contribution in [2.75, 3.05) is 12.4 Å². The second-order valence-electron chi connectivity index (χ2n) is 6.43. The third kappa shape index (κ3) is 3.74. The maximum atomic E-state index is 6.00. The molecule has 5 heteroatoms. The number of hydrogen-bond donors (Lipinski definition) is 1. The van der Waals surface area contributed by atoms with E-state index in [0.717, 1.165) is 22.5 Å². The molecule has 0 saturated heterocycles. The second kappa shape index (κ2) is 6.35. The van der Waals surface area contributed by atoms with Crippen LogP contribution in [0.1, 0.15) is 20.8 Å². The standard InChI is InChI=1S/C19H21N3O2/c1-19(2,3)24-18-17(20-13-9-11-14(23-4)12-10-13)21-15-7-5-6-8-16(15)22-18/h5-12H,1-4H3,(H,20,21). The molecular formula is C19H21N3O2. The molecule has 3 aromatic rings. The van der Waals surface area contributed by atoms with E-state index in [-0.39, 0.29) is 5.60 Å². The number of nitrogens with zero attached hydrogens (tertiary/aromatic N) is 2. The van der Waals surface area contributed by atoms with E-state index in [1.807, 2.05) is 69.3 Å². The van der Waals surface area contributed by atoms with Gasteiger partial charge in [-0.1, -0.05) is 12.1 Å². The minimum atomic E-state index is -0.368. The first kappa shape index (κ1) is 16.1. The highest BCUT2D eigenvalue weighted by Crippen LogP contribution is 2.29. The van der Waals surface area contributed by atoms with Crippen LogP contribution in [0.15, 0.2) is 48.5 Å². The van der Waals surface area contributed by atoms with Gasteiger partial charge < -0.3 is 14.8 Å². The van der Waals surface area contributed by atoms with Gasteiger partial charge in [0.2, 0.25) is 0 Å². The van der Waals surface area contributed by atoms with E-state index < -0.39 is 0 Å². The van der Waals surface area contributed by atoms with Crippen molar-refractivity contribution < 1.29 is 9.47 Å². The van der Waals surface area contributed by atoms with Gasteiger partial charge >= 0.3 is 0 Å². The number of aromatic nitrogens is 2. The van der Waals surface area contributed by atoms with Crippen LogP contribution in [0.3, 0.4) is 0 Å². The van der Waals surface area contributed by atoms with Gasteiger partial charge in [0.25, 0.3) is 5.88 Å². The van der Waals surface area contributed by atoms with E-state index in [2.05, 4.69) is 15.3 Å². The lowest BCUT2D eigenvalue weighted by molar-refractivity contribution is 0.125. The predicted octanol–water partition coefficient (Wildman–Crippen LogP) is 4.56. The zero-order valence-corrected chi connectivity index (χ0v) is 14.3. The van der Waals surface area contributed by atoms with Crippen molar-refractivity contribution in [3.8, 4) is 11.6 Å². The zero-order chi connectivity index (χ0) is 17.2. The van der Waals surface area contributed by atoms with Crippen LogP contribution in [-0.4, -0.2) is 22.7 Å². The molecule has 3 rings (SSSR count). The molecule has 0 bridgehead atoms. The van der Waals surface area contributed by atoms with Gasteiger partial charge in [-0.2, -0.15) is 0 Å². The molecule has 0 atom stereocenters. The summed E-state index contributed by atoms with van der Waals surface area (Å²) in [6, 6.07) is 15.4. The highest BCUT2D eigenvalue weighted by atomic mass is 16.5. The first-order valence-electron chi connectivity index (χ1n) is 7.81. The lowest BCUT2D eigenvalue weighted by Crippen LogP contribution is -2.24. The van der Waals surface area contributed by atoms with Crippen LogP contribution in [0.5, 0.6) is 11.6 Å². The van der Waals surface area contributed by atoms with Crippen molar-refractivity contribution in [1.29, 1.82) is 0 Å². The monoisotopic (exact) mass is 323 g/mol. The van der Waals surface area contributed by atoms with Gasteiger partial charge in [0.05, 0.1) is 18.1 Å². The number of anilines is 2. The topological polar surface area (TPSA) is 56.3 Å². The summed E-state index contributed by atoms with van der Waals surface area (Å²) in [6.45, 7) is 5.96. The van der Waals surface area contributed by atoms with E-state index in [0.29, 0.717) is 11.7 Å². The maximum absolute atomic E-state index is 6.00. The molecule has 24 heavy (non-hydrogen) atoms. The van der Waals surface area contributed by atoms with E-state index in [9.17, 15) is 0 Å². The molecule has 124 valence electrons. The molecule has 0 unspecified atom stereocenters. The summed E-state index contributed by atoms with van der Waals surface area (Å²) in [5, 5.41) is 3.28. The van der Waals surface area contributed by atoms with E-state index in [4.69, 9.17) is 9.47 Å². The Bertz CT molecular complexity index is 839. The van der Waals surface area contributed by atoms with Crippen LogP contribution >= 0.6 is 0 Å². The fourth-order valence-electron chi connectivity index (χ4n) is 2.24. The van der Waals surface area contributed by atoms with Gasteiger partial charge in [0.15, 0.2) is 5.82 Å². The summed E-state index contributed by atoms with van der Waals surface area (Å²) in [4.78, 5) is 9.29. The molecule has 0 aliphatic rings. The van der Waals surface area contributed by atoms with Gasteiger partial charge in [-0.15, -0.1) is 0 Å². The van der Waals surface area contributed by atoms with Crippen molar-refractivity contribution in [2.45, 2.75) is 26.4 Å². The van der Waals surface area contributed by atoms with E-state index >= 15 is 0 Å². The third-order valence-electron chi connectivity index (χ3n) is 3.29. The molecule has 0 radical (unpaired) electrons. The van der Waals surface area contributed by atoms with Crippen molar-refractivity contribution >= 4 is 22.5 Å². The largest absolute Gasteiger partial charge is 0.497 e. The van der Waals surface area contributed by atoms with E-state index in [1.54, 1.807) is 7.11 Å². The van der Waals surface area contributed by atoms with Crippen LogP contribution in [0.4, 0.5) is 11.5 Å². The first-order chi connectivity index (χ1) is 11.4. The molecular weight excluding hydrogens is 302 g/mol. The second-order valence-corrected chi connectivity index (χ2v) is 6.43. The maximum Gasteiger partial charge on any atom is 0.258 e. The first-order valence-corrected chi connectivity index (χ1v) is 7.81. The lowest BCUT2D eigenvalue weighted by atomic mass is 10.2. The summed E-state index contributed by atoms with van der Waals surface area (Å²) < 4.78 is 11.2. The van der Waals surface area contributed by atoms with Crippen LogP contribution in [0, 0.1) is 0 Å². The Kier molecular flexibility index (Phi) is 4.25. The molecule has 0 spiro atoms. The Labute approximate surface area is 141 Å². The molecule has 0 aliphatic carbocycles. The third-order valence-corrected chi connectivity index (χ3v) is 3.29. The van der Waals surface area contributed by atoms with Gasteiger partial charge in [-0.05, 0) is 57.2 Å². The fourth-order valence-corrected chi connectivity index (χ4v) is 2.24. The Morgan fingerprint density at radius 3 is 2.08 bits per heavy atom. The molecule has 1 N–H and O–H groups in total. The van der Waals surface area contributed by atoms with Gasteiger partial charge in [0.1, 0.15) is 11.4 Å². The Balaban J connectivity index is 2.01. The molecule has 1 aromatic heterocycles. The molecule has 0 fully saturated rings. The van der Waals surface area contributed by atoms with E-state index in [1.165, 1.54) is 0 Å². The summed E-state index contributed by atoms with van der Waals surface area (Å²) in [5.41, 5.74) is 2.14. The molecule has 1 heterocycles. The average Bonchev–Trinajstić information content (AvgIpc) is 2.55. The molecule has 0 saturated carbocycles. The number of hydrogen-bond acceptors (Lipinski definition) is 5. The average molecular weight is 323 g/mol. The van der Waals surface area contributed by atoms with Gasteiger partial charge in [-0.3, -0.25) is 0 Å². The van der Waals surface area contributed by atoms with Crippen molar-refractivity contribution in [3.05, 3.63) is 48.5 Å². The van der Waals surface area contributed by atoms with Crippen molar-refractivity contribution in [2.24, 2.45) is 0 Å². The zero-order valence-electron chi connectivity index (χ0n) is 14.3. The lowest BCUT2D eigenvalue weighted by Gasteiger charge is -2.22. The highest BCUT2D eigenvalue weighted by molar-refractivity contribution is 5.78. The summed E-state index contributed by atoms with van der Waals surface area (Å²) in [5.74, 6) is 1.88. The van der Waals surface area contributed by atoms with Crippen LogP contribution < -0.4 is 14.8 Å². The number of nitrogens with one attached hydrogen (secondary N) is 1. The summed E-state index contributed by atoms with van der Waals surface area (Å²) in [7, 11) is 1.65. The number of fused-ring (bicyclic) bond motifs is 1. The van der Waals surface area contributed by atoms with Crippen molar-refractivity contribution in [1.82, 2.24) is 9.97 Å². The van der Waals surface area contributed by atoms with Crippen LogP contribution in [0.25, 0.3) is 11.0 Å². The minimum absolute atomic E-state index is 0.368. The molecule has 5 nitrogen and oxygen atoms in total. The molecule has 0 amide bonds. The smallest absolute Gasteiger partial charge is 0.258 e. The minimum Gasteiger partial charge on any atom is -0.497 e.